The normalized spacial score (nSPS) is 14.1. The van der Waals surface area contributed by atoms with Gasteiger partial charge in [-0.2, -0.15) is 5.26 Å². The fraction of sp³-hybridized carbons (Fsp3) is 0.409. The first kappa shape index (κ1) is 21.6. The van der Waals surface area contributed by atoms with Gasteiger partial charge in [-0.15, -0.1) is 0 Å². The molecule has 1 N–H and O–H groups in total. The number of anilines is 1. The van der Waals surface area contributed by atoms with Gasteiger partial charge in [-0.25, -0.2) is 0 Å². The molecule has 3 rings (SSSR count). The summed E-state index contributed by atoms with van der Waals surface area (Å²) in [6, 6.07) is 10.5. The molecule has 0 unspecified atom stereocenters. The summed E-state index contributed by atoms with van der Waals surface area (Å²) in [6.45, 7) is 6.56. The van der Waals surface area contributed by atoms with Gasteiger partial charge in [0.05, 0.1) is 32.0 Å². The van der Waals surface area contributed by atoms with Crippen molar-refractivity contribution in [1.82, 2.24) is 9.80 Å². The number of benzene rings is 1. The molecule has 1 aromatic carbocycles. The highest BCUT2D eigenvalue weighted by atomic mass is 16.5. The molecule has 0 spiro atoms. The molecule has 1 fully saturated rings. The molecule has 1 aliphatic heterocycles. The number of nitriles is 1. The van der Waals surface area contributed by atoms with Crippen LogP contribution in [0.2, 0.25) is 0 Å². The van der Waals surface area contributed by atoms with E-state index in [0.717, 1.165) is 25.2 Å². The van der Waals surface area contributed by atoms with E-state index in [-0.39, 0.29) is 24.0 Å². The lowest BCUT2D eigenvalue weighted by Gasteiger charge is -2.30. The van der Waals surface area contributed by atoms with Gasteiger partial charge in [0.15, 0.2) is 5.76 Å². The molecule has 1 aromatic heterocycles. The van der Waals surface area contributed by atoms with Crippen LogP contribution >= 0.6 is 0 Å². The summed E-state index contributed by atoms with van der Waals surface area (Å²) in [5.74, 6) is -0.333. The third-order valence-corrected chi connectivity index (χ3v) is 5.05. The quantitative estimate of drug-likeness (QED) is 0.718. The van der Waals surface area contributed by atoms with Gasteiger partial charge in [0, 0.05) is 44.0 Å². The Bertz CT molecular complexity index is 898. The van der Waals surface area contributed by atoms with Gasteiger partial charge in [-0.3, -0.25) is 14.5 Å². The minimum absolute atomic E-state index is 0.160. The van der Waals surface area contributed by atoms with Crippen LogP contribution in [-0.2, 0) is 4.74 Å². The molecule has 30 heavy (non-hydrogen) atoms. The van der Waals surface area contributed by atoms with E-state index in [2.05, 4.69) is 16.3 Å². The van der Waals surface area contributed by atoms with E-state index in [9.17, 15) is 9.59 Å². The van der Waals surface area contributed by atoms with Crippen LogP contribution < -0.4 is 5.32 Å². The van der Waals surface area contributed by atoms with E-state index in [4.69, 9.17) is 14.4 Å². The van der Waals surface area contributed by atoms with Crippen molar-refractivity contribution >= 4 is 17.5 Å². The topological polar surface area (TPSA) is 98.8 Å². The molecule has 158 valence electrons. The number of amides is 2. The monoisotopic (exact) mass is 410 g/mol. The second-order valence-corrected chi connectivity index (χ2v) is 7.12. The van der Waals surface area contributed by atoms with E-state index in [1.54, 1.807) is 35.2 Å². The van der Waals surface area contributed by atoms with Gasteiger partial charge in [-0.05, 0) is 36.8 Å². The largest absolute Gasteiger partial charge is 0.459 e. The smallest absolute Gasteiger partial charge is 0.291 e. The van der Waals surface area contributed by atoms with Gasteiger partial charge in [0.2, 0.25) is 0 Å². The Morgan fingerprint density at radius 1 is 1.23 bits per heavy atom. The van der Waals surface area contributed by atoms with Crippen molar-refractivity contribution in [1.29, 1.82) is 5.26 Å². The van der Waals surface area contributed by atoms with E-state index in [1.165, 1.54) is 6.26 Å². The number of morpholine rings is 1. The van der Waals surface area contributed by atoms with Crippen molar-refractivity contribution in [3.63, 3.8) is 0 Å². The van der Waals surface area contributed by atoms with Gasteiger partial charge < -0.3 is 19.4 Å². The summed E-state index contributed by atoms with van der Waals surface area (Å²) in [5, 5.41) is 11.8. The Morgan fingerprint density at radius 3 is 2.73 bits per heavy atom. The van der Waals surface area contributed by atoms with E-state index in [0.29, 0.717) is 37.6 Å². The van der Waals surface area contributed by atoms with Crippen LogP contribution in [0.3, 0.4) is 0 Å². The Labute approximate surface area is 176 Å². The number of furan rings is 1. The predicted molar refractivity (Wildman–Crippen MR) is 111 cm³/mol. The fourth-order valence-corrected chi connectivity index (χ4v) is 3.25. The van der Waals surface area contributed by atoms with Crippen LogP contribution in [0.5, 0.6) is 0 Å². The molecule has 0 saturated carbocycles. The molecule has 2 amide bonds. The highest BCUT2D eigenvalue weighted by Crippen LogP contribution is 2.20. The van der Waals surface area contributed by atoms with Gasteiger partial charge in [0.25, 0.3) is 11.8 Å². The Morgan fingerprint density at radius 2 is 2.03 bits per heavy atom. The molecular weight excluding hydrogens is 384 g/mol. The molecule has 1 aliphatic rings. The van der Waals surface area contributed by atoms with Gasteiger partial charge in [0.1, 0.15) is 0 Å². The lowest BCUT2D eigenvalue weighted by Crippen LogP contribution is -2.43. The van der Waals surface area contributed by atoms with Crippen molar-refractivity contribution in [2.75, 3.05) is 51.3 Å². The zero-order valence-corrected chi connectivity index (χ0v) is 17.1. The summed E-state index contributed by atoms with van der Waals surface area (Å²) in [7, 11) is 0. The standard InChI is InChI=1S/C22H26N4O4/c1-17-5-6-18(16-19(17)24-21(27)20-4-2-13-30-20)22(28)26(8-3-7-23)10-9-25-11-14-29-15-12-25/h2,4-6,13,16H,3,8-12,14-15H2,1H3,(H,24,27). The molecule has 8 heteroatoms. The van der Waals surface area contributed by atoms with Crippen molar-refractivity contribution in [3.8, 4) is 6.07 Å². The van der Waals surface area contributed by atoms with Crippen LogP contribution in [0.25, 0.3) is 0 Å². The first-order chi connectivity index (χ1) is 14.6. The SMILES string of the molecule is Cc1ccc(C(=O)N(CCC#N)CCN2CCOCC2)cc1NC(=O)c1ccco1. The maximum Gasteiger partial charge on any atom is 0.291 e. The number of aryl methyl sites for hydroxylation is 1. The molecule has 0 aliphatic carbocycles. The van der Waals surface area contributed by atoms with Crippen LogP contribution in [0, 0.1) is 18.3 Å². The van der Waals surface area contributed by atoms with Crippen LogP contribution in [0.1, 0.15) is 32.9 Å². The number of hydrogen-bond acceptors (Lipinski definition) is 6. The van der Waals surface area contributed by atoms with E-state index in [1.807, 2.05) is 6.92 Å². The number of ether oxygens (including phenoxy) is 1. The van der Waals surface area contributed by atoms with Gasteiger partial charge in [-0.1, -0.05) is 6.07 Å². The minimum atomic E-state index is -0.374. The molecule has 1 saturated heterocycles. The third kappa shape index (κ3) is 5.69. The Hall–Kier alpha value is -3.15. The second kappa shape index (κ2) is 10.6. The van der Waals surface area contributed by atoms with E-state index < -0.39 is 0 Å². The van der Waals surface area contributed by atoms with Crippen molar-refractivity contribution in [3.05, 3.63) is 53.5 Å². The highest BCUT2D eigenvalue weighted by Gasteiger charge is 2.19. The molecule has 2 heterocycles. The molecule has 0 atom stereocenters. The average Bonchev–Trinajstić information content (AvgIpc) is 3.31. The molecular formula is C22H26N4O4. The number of rotatable bonds is 8. The maximum absolute atomic E-state index is 13.1. The molecule has 0 radical (unpaired) electrons. The lowest BCUT2D eigenvalue weighted by molar-refractivity contribution is 0.0326. The molecule has 0 bridgehead atoms. The first-order valence-electron chi connectivity index (χ1n) is 10.0. The summed E-state index contributed by atoms with van der Waals surface area (Å²) < 4.78 is 10.5. The van der Waals surface area contributed by atoms with Gasteiger partial charge >= 0.3 is 0 Å². The second-order valence-electron chi connectivity index (χ2n) is 7.12. The average molecular weight is 410 g/mol. The Kier molecular flexibility index (Phi) is 7.60. The highest BCUT2D eigenvalue weighted by molar-refractivity contribution is 6.03. The molecule has 2 aromatic rings. The van der Waals surface area contributed by atoms with Crippen molar-refractivity contribution in [2.24, 2.45) is 0 Å². The first-order valence-corrected chi connectivity index (χ1v) is 10.0. The zero-order valence-electron chi connectivity index (χ0n) is 17.1. The zero-order chi connectivity index (χ0) is 21.3. The van der Waals surface area contributed by atoms with Crippen molar-refractivity contribution < 1.29 is 18.7 Å². The number of carbonyl (C=O) groups is 2. The molecule has 8 nitrogen and oxygen atoms in total. The lowest BCUT2D eigenvalue weighted by atomic mass is 10.1. The number of hydrogen-bond donors (Lipinski definition) is 1. The predicted octanol–water partition coefficient (Wildman–Crippen LogP) is 2.53. The summed E-state index contributed by atoms with van der Waals surface area (Å²) >= 11 is 0. The minimum Gasteiger partial charge on any atom is -0.459 e. The fourth-order valence-electron chi connectivity index (χ4n) is 3.25. The third-order valence-electron chi connectivity index (χ3n) is 5.05. The van der Waals surface area contributed by atoms with Crippen LogP contribution in [0.15, 0.2) is 41.0 Å². The van der Waals surface area contributed by atoms with Crippen LogP contribution in [0.4, 0.5) is 5.69 Å². The Balaban J connectivity index is 1.71. The van der Waals surface area contributed by atoms with E-state index >= 15 is 0 Å². The van der Waals surface area contributed by atoms with Crippen molar-refractivity contribution in [2.45, 2.75) is 13.3 Å². The number of nitrogens with zero attached hydrogens (tertiary/aromatic N) is 3. The summed E-state index contributed by atoms with van der Waals surface area (Å²) in [6.07, 6.45) is 1.70. The number of nitrogens with one attached hydrogen (secondary N) is 1. The number of carbonyl (C=O) groups excluding carboxylic acids is 2. The summed E-state index contributed by atoms with van der Waals surface area (Å²) in [5.41, 5.74) is 1.86. The summed E-state index contributed by atoms with van der Waals surface area (Å²) in [4.78, 5) is 29.4. The van der Waals surface area contributed by atoms with Crippen LogP contribution in [-0.4, -0.2) is 67.6 Å². The maximum atomic E-state index is 13.1.